The molecule has 0 bridgehead atoms. The molecule has 0 saturated carbocycles. The molecule has 5 heteroatoms. The van der Waals surface area contributed by atoms with Gasteiger partial charge in [-0.1, -0.05) is 12.1 Å². The molecule has 0 unspecified atom stereocenters. The number of nitrogens with zero attached hydrogens (tertiary/aromatic N) is 2. The molecule has 94 valence electrons. The Balaban J connectivity index is 2.45. The molecule has 0 radical (unpaired) electrons. The van der Waals surface area contributed by atoms with Crippen molar-refractivity contribution in [2.24, 2.45) is 7.05 Å². The number of carboxylic acids is 1. The van der Waals surface area contributed by atoms with Crippen LogP contribution in [0.15, 0.2) is 30.5 Å². The second-order valence-corrected chi connectivity index (χ2v) is 3.90. The molecule has 0 amide bonds. The van der Waals surface area contributed by atoms with Gasteiger partial charge in [-0.25, -0.2) is 4.98 Å². The predicted molar refractivity (Wildman–Crippen MR) is 66.5 cm³/mol. The summed E-state index contributed by atoms with van der Waals surface area (Å²) in [5.41, 5.74) is 1.50. The first kappa shape index (κ1) is 12.2. The van der Waals surface area contributed by atoms with E-state index in [9.17, 15) is 4.79 Å². The fourth-order valence-corrected chi connectivity index (χ4v) is 1.84. The Labute approximate surface area is 105 Å². The molecule has 0 saturated heterocycles. The molecule has 1 aromatic heterocycles. The van der Waals surface area contributed by atoms with Crippen molar-refractivity contribution in [3.05, 3.63) is 36.2 Å². The zero-order valence-electron chi connectivity index (χ0n) is 10.3. The maximum atomic E-state index is 10.7. The highest BCUT2D eigenvalue weighted by atomic mass is 16.5. The number of imidazole rings is 1. The summed E-state index contributed by atoms with van der Waals surface area (Å²) in [5.74, 6) is 0.543. The summed E-state index contributed by atoms with van der Waals surface area (Å²) in [6, 6.07) is 7.51. The van der Waals surface area contributed by atoms with Crippen LogP contribution in [0.25, 0.3) is 11.4 Å². The van der Waals surface area contributed by atoms with E-state index >= 15 is 0 Å². The molecule has 2 rings (SSSR count). The number of aromatic nitrogens is 2. The van der Waals surface area contributed by atoms with Crippen LogP contribution in [0.4, 0.5) is 0 Å². The molecule has 1 N–H and O–H groups in total. The third-order valence-corrected chi connectivity index (χ3v) is 2.76. The maximum absolute atomic E-state index is 10.7. The lowest BCUT2D eigenvalue weighted by Gasteiger charge is -2.08. The smallest absolute Gasteiger partial charge is 0.309 e. The van der Waals surface area contributed by atoms with Crippen molar-refractivity contribution in [1.29, 1.82) is 0 Å². The van der Waals surface area contributed by atoms with Gasteiger partial charge in [-0.15, -0.1) is 0 Å². The number of ether oxygens (including phenoxy) is 1. The quantitative estimate of drug-likeness (QED) is 0.892. The molecular formula is C13H14N2O3. The molecule has 0 spiro atoms. The molecule has 1 heterocycles. The summed E-state index contributed by atoms with van der Waals surface area (Å²) in [4.78, 5) is 15.0. The van der Waals surface area contributed by atoms with Crippen LogP contribution in [-0.2, 0) is 18.3 Å². The van der Waals surface area contributed by atoms with Gasteiger partial charge in [0, 0.05) is 18.9 Å². The molecule has 0 aliphatic rings. The van der Waals surface area contributed by atoms with Gasteiger partial charge in [0.05, 0.1) is 19.1 Å². The minimum Gasteiger partial charge on any atom is -0.496 e. The minimum absolute atomic E-state index is 0.0430. The van der Waals surface area contributed by atoms with Gasteiger partial charge in [0.25, 0.3) is 0 Å². The van der Waals surface area contributed by atoms with E-state index in [4.69, 9.17) is 9.84 Å². The highest BCUT2D eigenvalue weighted by Crippen LogP contribution is 2.28. The van der Waals surface area contributed by atoms with Crippen LogP contribution < -0.4 is 4.74 Å². The zero-order valence-corrected chi connectivity index (χ0v) is 10.3. The second-order valence-electron chi connectivity index (χ2n) is 3.90. The topological polar surface area (TPSA) is 64.3 Å². The van der Waals surface area contributed by atoms with Crippen LogP contribution in [0.3, 0.4) is 0 Å². The number of benzene rings is 1. The first-order chi connectivity index (χ1) is 8.63. The summed E-state index contributed by atoms with van der Waals surface area (Å²) in [5, 5.41) is 8.81. The van der Waals surface area contributed by atoms with Gasteiger partial charge < -0.3 is 14.4 Å². The normalized spacial score (nSPS) is 10.3. The molecule has 18 heavy (non-hydrogen) atoms. The third-order valence-electron chi connectivity index (χ3n) is 2.76. The van der Waals surface area contributed by atoms with Gasteiger partial charge in [0.2, 0.25) is 0 Å². The Morgan fingerprint density at radius 1 is 1.44 bits per heavy atom. The third kappa shape index (κ3) is 2.20. The standard InChI is InChI=1S/C13H14N2O3/c1-15-9(7-12(16)17)8-14-13(15)10-5-3-4-6-11(10)18-2/h3-6,8H,7H2,1-2H3,(H,16,17). The lowest BCUT2D eigenvalue weighted by molar-refractivity contribution is -0.136. The van der Waals surface area contributed by atoms with Crippen molar-refractivity contribution in [2.75, 3.05) is 7.11 Å². The van der Waals surface area contributed by atoms with E-state index in [1.165, 1.54) is 0 Å². The van der Waals surface area contributed by atoms with E-state index in [1.807, 2.05) is 24.3 Å². The van der Waals surface area contributed by atoms with Gasteiger partial charge in [-0.3, -0.25) is 4.79 Å². The second kappa shape index (κ2) is 4.91. The summed E-state index contributed by atoms with van der Waals surface area (Å²) in [7, 11) is 3.40. The van der Waals surface area contributed by atoms with Crippen LogP contribution in [-0.4, -0.2) is 27.7 Å². The number of carboxylic acid groups (broad SMARTS) is 1. The number of hydrogen-bond acceptors (Lipinski definition) is 3. The van der Waals surface area contributed by atoms with E-state index in [0.29, 0.717) is 17.3 Å². The van der Waals surface area contributed by atoms with E-state index in [1.54, 1.807) is 24.9 Å². The number of para-hydroxylation sites is 1. The lowest BCUT2D eigenvalue weighted by atomic mass is 10.2. The minimum atomic E-state index is -0.871. The number of aliphatic carboxylic acids is 1. The molecular weight excluding hydrogens is 232 g/mol. The van der Waals surface area contributed by atoms with Crippen LogP contribution in [0.1, 0.15) is 5.69 Å². The Morgan fingerprint density at radius 2 is 2.17 bits per heavy atom. The maximum Gasteiger partial charge on any atom is 0.309 e. The summed E-state index contributed by atoms with van der Waals surface area (Å²) in [6.45, 7) is 0. The van der Waals surface area contributed by atoms with Crippen molar-refractivity contribution >= 4 is 5.97 Å². The summed E-state index contributed by atoms with van der Waals surface area (Å²) in [6.07, 6.45) is 1.54. The van der Waals surface area contributed by atoms with Crippen LogP contribution in [0.2, 0.25) is 0 Å². The van der Waals surface area contributed by atoms with E-state index in [2.05, 4.69) is 4.98 Å². The van der Waals surface area contributed by atoms with E-state index < -0.39 is 5.97 Å². The van der Waals surface area contributed by atoms with Crippen LogP contribution in [0.5, 0.6) is 5.75 Å². The largest absolute Gasteiger partial charge is 0.496 e. The number of hydrogen-bond donors (Lipinski definition) is 1. The van der Waals surface area contributed by atoms with Gasteiger partial charge in [-0.05, 0) is 12.1 Å². The summed E-state index contributed by atoms with van der Waals surface area (Å²) < 4.78 is 7.05. The molecule has 2 aromatic rings. The summed E-state index contributed by atoms with van der Waals surface area (Å²) >= 11 is 0. The molecule has 1 aromatic carbocycles. The van der Waals surface area contributed by atoms with Gasteiger partial charge in [-0.2, -0.15) is 0 Å². The molecule has 0 aliphatic carbocycles. The SMILES string of the molecule is COc1ccccc1-c1ncc(CC(=O)O)n1C. The predicted octanol–water partition coefficient (Wildman–Crippen LogP) is 1.72. The van der Waals surface area contributed by atoms with Crippen LogP contribution >= 0.6 is 0 Å². The average molecular weight is 246 g/mol. The van der Waals surface area contributed by atoms with Crippen molar-refractivity contribution in [1.82, 2.24) is 9.55 Å². The molecule has 0 aliphatic heterocycles. The Hall–Kier alpha value is -2.30. The van der Waals surface area contributed by atoms with Gasteiger partial charge in [0.1, 0.15) is 11.6 Å². The van der Waals surface area contributed by atoms with Crippen molar-refractivity contribution < 1.29 is 14.6 Å². The molecule has 5 nitrogen and oxygen atoms in total. The Kier molecular flexibility index (Phi) is 3.32. The first-order valence-electron chi connectivity index (χ1n) is 5.49. The van der Waals surface area contributed by atoms with Gasteiger partial charge >= 0.3 is 5.97 Å². The molecule has 0 fully saturated rings. The lowest BCUT2D eigenvalue weighted by Crippen LogP contribution is -2.06. The Bertz CT molecular complexity index is 575. The average Bonchev–Trinajstić information content (AvgIpc) is 2.70. The van der Waals surface area contributed by atoms with Crippen LogP contribution in [0, 0.1) is 0 Å². The van der Waals surface area contributed by atoms with Crippen molar-refractivity contribution in [3.63, 3.8) is 0 Å². The molecule has 0 atom stereocenters. The highest BCUT2D eigenvalue weighted by molar-refractivity contribution is 5.71. The van der Waals surface area contributed by atoms with E-state index in [-0.39, 0.29) is 6.42 Å². The van der Waals surface area contributed by atoms with E-state index in [0.717, 1.165) is 5.56 Å². The fourth-order valence-electron chi connectivity index (χ4n) is 1.84. The Morgan fingerprint density at radius 3 is 2.83 bits per heavy atom. The van der Waals surface area contributed by atoms with Crippen molar-refractivity contribution in [2.45, 2.75) is 6.42 Å². The van der Waals surface area contributed by atoms with Gasteiger partial charge in [0.15, 0.2) is 0 Å². The zero-order chi connectivity index (χ0) is 13.1. The van der Waals surface area contributed by atoms with Crippen molar-refractivity contribution in [3.8, 4) is 17.1 Å². The highest BCUT2D eigenvalue weighted by Gasteiger charge is 2.14. The monoisotopic (exact) mass is 246 g/mol. The number of methoxy groups -OCH3 is 1. The first-order valence-corrected chi connectivity index (χ1v) is 5.49. The fraction of sp³-hybridized carbons (Fsp3) is 0.231. The number of carbonyl (C=O) groups is 1. The number of rotatable bonds is 4.